The Morgan fingerprint density at radius 2 is 1.62 bits per heavy atom. The van der Waals surface area contributed by atoms with Crippen LogP contribution in [0.15, 0.2) is 0 Å². The second-order valence-corrected chi connectivity index (χ2v) is 6.02. The fourth-order valence-electron chi connectivity index (χ4n) is 3.22. The first-order chi connectivity index (χ1) is 10.2. The number of carbonyl (C=O) groups is 1. The topological polar surface area (TPSA) is 41.6 Å². The zero-order chi connectivity index (χ0) is 15.6. The lowest BCUT2D eigenvalue weighted by Gasteiger charge is -2.35. The molecule has 1 aliphatic carbocycles. The molecule has 0 aliphatic heterocycles. The van der Waals surface area contributed by atoms with Crippen LogP contribution >= 0.6 is 0 Å². The third-order valence-electron chi connectivity index (χ3n) is 4.66. The Hall–Kier alpha value is -0.610. The van der Waals surface area contributed by atoms with Gasteiger partial charge >= 0.3 is 5.97 Å². The largest absolute Gasteiger partial charge is 0.465 e. The van der Waals surface area contributed by atoms with Crippen LogP contribution in [0.3, 0.4) is 0 Å². The van der Waals surface area contributed by atoms with E-state index in [1.807, 2.05) is 6.92 Å². The van der Waals surface area contributed by atoms with Gasteiger partial charge in [0, 0.05) is 13.1 Å². The van der Waals surface area contributed by atoms with E-state index >= 15 is 0 Å². The smallest absolute Gasteiger partial charge is 0.326 e. The van der Waals surface area contributed by atoms with Crippen LogP contribution < -0.4 is 5.32 Å². The van der Waals surface area contributed by atoms with Gasteiger partial charge in [-0.2, -0.15) is 0 Å². The molecule has 4 nitrogen and oxygen atoms in total. The van der Waals surface area contributed by atoms with Gasteiger partial charge in [0.1, 0.15) is 5.54 Å². The third kappa shape index (κ3) is 5.95. The van der Waals surface area contributed by atoms with Crippen molar-refractivity contribution >= 4 is 5.97 Å². The van der Waals surface area contributed by atoms with E-state index in [2.05, 4.69) is 24.1 Å². The minimum atomic E-state index is -0.441. The maximum Gasteiger partial charge on any atom is 0.326 e. The highest BCUT2D eigenvalue weighted by atomic mass is 16.5. The molecule has 1 aliphatic rings. The van der Waals surface area contributed by atoms with Crippen LogP contribution in [0.2, 0.25) is 0 Å². The highest BCUT2D eigenvalue weighted by Crippen LogP contribution is 2.27. The number of esters is 1. The van der Waals surface area contributed by atoms with Gasteiger partial charge in [-0.3, -0.25) is 4.79 Å². The van der Waals surface area contributed by atoms with E-state index in [0.717, 1.165) is 51.9 Å². The van der Waals surface area contributed by atoms with Crippen LogP contribution in [-0.4, -0.2) is 49.2 Å². The summed E-state index contributed by atoms with van der Waals surface area (Å²) < 4.78 is 5.38. The van der Waals surface area contributed by atoms with Crippen molar-refractivity contribution in [1.82, 2.24) is 10.2 Å². The summed E-state index contributed by atoms with van der Waals surface area (Å²) in [6, 6.07) is 0. The molecule has 21 heavy (non-hydrogen) atoms. The van der Waals surface area contributed by atoms with Crippen molar-refractivity contribution in [2.45, 2.75) is 71.3 Å². The second kappa shape index (κ2) is 10.2. The highest BCUT2D eigenvalue weighted by Gasteiger charge is 2.38. The van der Waals surface area contributed by atoms with Gasteiger partial charge in [-0.15, -0.1) is 0 Å². The molecule has 0 saturated heterocycles. The number of nitrogens with one attached hydrogen (secondary N) is 1. The summed E-state index contributed by atoms with van der Waals surface area (Å²) in [4.78, 5) is 14.9. The zero-order valence-electron chi connectivity index (χ0n) is 14.2. The fourth-order valence-corrected chi connectivity index (χ4v) is 3.22. The Morgan fingerprint density at radius 1 is 1.05 bits per heavy atom. The molecule has 4 heteroatoms. The van der Waals surface area contributed by atoms with Gasteiger partial charge in [0.15, 0.2) is 0 Å². The van der Waals surface area contributed by atoms with E-state index < -0.39 is 5.54 Å². The maximum atomic E-state index is 12.5. The van der Waals surface area contributed by atoms with Crippen molar-refractivity contribution in [3.8, 4) is 0 Å². The van der Waals surface area contributed by atoms with Gasteiger partial charge in [-0.25, -0.2) is 0 Å². The number of likely N-dealkylation sites (N-methyl/N-ethyl adjacent to an activating group) is 1. The van der Waals surface area contributed by atoms with Crippen LogP contribution in [0, 0.1) is 0 Å². The summed E-state index contributed by atoms with van der Waals surface area (Å²) in [5.41, 5.74) is -0.441. The molecule has 0 aromatic carbocycles. The Kier molecular flexibility index (Phi) is 8.93. The van der Waals surface area contributed by atoms with Gasteiger partial charge in [0.25, 0.3) is 0 Å². The number of hydrogen-bond donors (Lipinski definition) is 1. The summed E-state index contributed by atoms with van der Waals surface area (Å²) in [6.07, 6.45) is 7.86. The number of rotatable bonds is 8. The summed E-state index contributed by atoms with van der Waals surface area (Å²) in [5, 5.41) is 3.57. The van der Waals surface area contributed by atoms with E-state index in [0.29, 0.717) is 6.61 Å². The molecule has 1 fully saturated rings. The van der Waals surface area contributed by atoms with Crippen molar-refractivity contribution in [3.63, 3.8) is 0 Å². The minimum Gasteiger partial charge on any atom is -0.465 e. The molecule has 0 amide bonds. The first kappa shape index (κ1) is 18.4. The molecule has 0 aromatic rings. The van der Waals surface area contributed by atoms with Crippen molar-refractivity contribution < 1.29 is 9.53 Å². The molecule has 1 N–H and O–H groups in total. The summed E-state index contributed by atoms with van der Waals surface area (Å²) >= 11 is 0. The Morgan fingerprint density at radius 3 is 2.14 bits per heavy atom. The third-order valence-corrected chi connectivity index (χ3v) is 4.66. The van der Waals surface area contributed by atoms with Crippen LogP contribution in [0.1, 0.15) is 65.7 Å². The van der Waals surface area contributed by atoms with E-state index in [-0.39, 0.29) is 5.97 Å². The Labute approximate surface area is 130 Å². The van der Waals surface area contributed by atoms with Crippen molar-refractivity contribution in [3.05, 3.63) is 0 Å². The Bertz CT molecular complexity index is 283. The van der Waals surface area contributed by atoms with Crippen LogP contribution in [0.25, 0.3) is 0 Å². The maximum absolute atomic E-state index is 12.5. The summed E-state index contributed by atoms with van der Waals surface area (Å²) in [5.74, 6) is -0.0357. The number of hydrogen-bond acceptors (Lipinski definition) is 4. The normalized spacial score (nSPS) is 19.0. The van der Waals surface area contributed by atoms with Crippen LogP contribution in [0.4, 0.5) is 0 Å². The summed E-state index contributed by atoms with van der Waals surface area (Å²) in [6.45, 7) is 10.7. The Balaban J connectivity index is 2.63. The van der Waals surface area contributed by atoms with E-state index in [1.54, 1.807) is 0 Å². The van der Waals surface area contributed by atoms with E-state index in [9.17, 15) is 4.79 Å². The molecular formula is C17H34N2O2. The first-order valence-corrected chi connectivity index (χ1v) is 8.83. The minimum absolute atomic E-state index is 0.0357. The van der Waals surface area contributed by atoms with Gasteiger partial charge in [0.05, 0.1) is 6.61 Å². The van der Waals surface area contributed by atoms with Gasteiger partial charge < -0.3 is 15.0 Å². The molecule has 0 radical (unpaired) electrons. The first-order valence-electron chi connectivity index (χ1n) is 8.83. The van der Waals surface area contributed by atoms with Gasteiger partial charge in [-0.1, -0.05) is 46.0 Å². The predicted molar refractivity (Wildman–Crippen MR) is 87.5 cm³/mol. The lowest BCUT2D eigenvalue weighted by Crippen LogP contribution is -2.55. The monoisotopic (exact) mass is 298 g/mol. The molecule has 0 bridgehead atoms. The van der Waals surface area contributed by atoms with Crippen molar-refractivity contribution in [2.24, 2.45) is 0 Å². The molecule has 0 spiro atoms. The lowest BCUT2D eigenvalue weighted by atomic mass is 9.83. The molecule has 1 rings (SSSR count). The molecule has 0 unspecified atom stereocenters. The van der Waals surface area contributed by atoms with E-state index in [4.69, 9.17) is 4.74 Å². The fraction of sp³-hybridized carbons (Fsp3) is 0.941. The quantitative estimate of drug-likeness (QED) is 0.700. The molecule has 124 valence electrons. The SMILES string of the molecule is CCOC(=O)C1(NCCN(CC)CC)CCCCCCC1. The summed E-state index contributed by atoms with van der Waals surface area (Å²) in [7, 11) is 0. The van der Waals surface area contributed by atoms with Crippen LogP contribution in [0.5, 0.6) is 0 Å². The zero-order valence-corrected chi connectivity index (χ0v) is 14.2. The highest BCUT2D eigenvalue weighted by molar-refractivity contribution is 5.80. The standard InChI is InChI=1S/C17H34N2O2/c1-4-19(5-2)15-14-18-17(16(20)21-6-3)12-10-8-7-9-11-13-17/h18H,4-15H2,1-3H3. The predicted octanol–water partition coefficient (Wildman–Crippen LogP) is 2.96. The van der Waals surface area contributed by atoms with Gasteiger partial charge in [-0.05, 0) is 32.9 Å². The lowest BCUT2D eigenvalue weighted by molar-refractivity contribution is -0.152. The number of nitrogens with zero attached hydrogens (tertiary/aromatic N) is 1. The average molecular weight is 298 g/mol. The van der Waals surface area contributed by atoms with Gasteiger partial charge in [0.2, 0.25) is 0 Å². The number of ether oxygens (including phenoxy) is 1. The molecule has 0 heterocycles. The van der Waals surface area contributed by atoms with Crippen molar-refractivity contribution in [2.75, 3.05) is 32.8 Å². The number of carbonyl (C=O) groups excluding carboxylic acids is 1. The second-order valence-electron chi connectivity index (χ2n) is 6.02. The van der Waals surface area contributed by atoms with E-state index in [1.165, 1.54) is 19.3 Å². The van der Waals surface area contributed by atoms with Crippen molar-refractivity contribution in [1.29, 1.82) is 0 Å². The molecule has 0 atom stereocenters. The average Bonchev–Trinajstić information content (AvgIpc) is 2.46. The van der Waals surface area contributed by atoms with Crippen LogP contribution in [-0.2, 0) is 9.53 Å². The molecule has 0 aromatic heterocycles. The molecule has 1 saturated carbocycles. The molecular weight excluding hydrogens is 264 g/mol.